The van der Waals surface area contributed by atoms with Gasteiger partial charge in [-0.25, -0.2) is 18.4 Å². The second kappa shape index (κ2) is 13.5. The van der Waals surface area contributed by atoms with Crippen LogP contribution >= 0.6 is 23.2 Å². The van der Waals surface area contributed by atoms with Gasteiger partial charge in [0.25, 0.3) is 0 Å². The van der Waals surface area contributed by atoms with Crippen LogP contribution in [0.4, 0.5) is 0 Å². The largest absolute Gasteiger partial charge is 0.249 e. The molecule has 1 aliphatic carbocycles. The molecule has 1 saturated carbocycles. The van der Waals surface area contributed by atoms with Crippen LogP contribution in [0.5, 0.6) is 0 Å². The topological polar surface area (TPSA) is 132 Å². The molecule has 0 spiro atoms. The fraction of sp³-hybridized carbons (Fsp3) is 0.429. The molecule has 1 fully saturated rings. The molecule has 0 N–H and O–H groups in total. The first kappa shape index (κ1) is 32.9. The van der Waals surface area contributed by atoms with Crippen molar-refractivity contribution in [2.45, 2.75) is 45.6 Å². The van der Waals surface area contributed by atoms with Crippen LogP contribution in [-0.2, 0) is 30.0 Å². The third-order valence-electron chi connectivity index (χ3n) is 4.35. The molecule has 1 aliphatic rings. The van der Waals surface area contributed by atoms with Gasteiger partial charge in [-0.3, -0.25) is 0 Å². The molecule has 0 aromatic carbocycles. The Bertz CT molecular complexity index is 1240. The van der Waals surface area contributed by atoms with E-state index < -0.39 is 24.2 Å². The van der Waals surface area contributed by atoms with Gasteiger partial charge < -0.3 is 0 Å². The van der Waals surface area contributed by atoms with E-state index in [-0.39, 0.29) is 29.5 Å². The van der Waals surface area contributed by atoms with E-state index in [1.807, 2.05) is 0 Å². The highest BCUT2D eigenvalue weighted by molar-refractivity contribution is 7.94. The minimum Gasteiger partial charge on any atom is -0.249 e. The van der Waals surface area contributed by atoms with Gasteiger partial charge in [-0.2, -0.15) is 10.5 Å². The van der Waals surface area contributed by atoms with Crippen molar-refractivity contribution in [3.8, 4) is 12.4 Å². The van der Waals surface area contributed by atoms with Gasteiger partial charge in [0.2, 0.25) is 12.4 Å². The molecule has 3 rings (SSSR count). The monoisotopic (exact) mass is 535 g/mol. The summed E-state index contributed by atoms with van der Waals surface area (Å²) in [5, 5.41) is 17.6. The molecule has 2 atom stereocenters. The van der Waals surface area contributed by atoms with Crippen molar-refractivity contribution < 1.29 is 9.84 Å². The maximum Gasteiger partial charge on any atom is 0.214 e. The van der Waals surface area contributed by atoms with Crippen molar-refractivity contribution in [1.29, 1.82) is 10.5 Å². The van der Waals surface area contributed by atoms with Crippen molar-refractivity contribution in [2.24, 2.45) is 8.73 Å². The normalized spacial score (nSPS) is 15.9. The summed E-state index contributed by atoms with van der Waals surface area (Å²) in [6, 6.07) is 6.79. The number of hydrogen-bond acceptors (Lipinski definition) is 8. The van der Waals surface area contributed by atoms with Gasteiger partial charge in [-0.15, -0.1) is 8.73 Å². The van der Waals surface area contributed by atoms with Gasteiger partial charge >= 0.3 is 0 Å². The summed E-state index contributed by atoms with van der Waals surface area (Å²) in [6.07, 6.45) is 10.8. The summed E-state index contributed by atoms with van der Waals surface area (Å²) >= 11 is 11.3. The molecule has 0 amide bonds. The molecule has 184 valence electrons. The van der Waals surface area contributed by atoms with Crippen LogP contribution in [0.3, 0.4) is 0 Å². The first-order valence-corrected chi connectivity index (χ1v) is 13.2. The Balaban J connectivity index is -0.000000510. The highest BCUT2D eigenvalue weighted by atomic mass is 35.5. The summed E-state index contributed by atoms with van der Waals surface area (Å²) in [5.41, 5.74) is 1.60. The van der Waals surface area contributed by atoms with Crippen molar-refractivity contribution in [3.05, 3.63) is 58.1 Å². The second-order valence-corrected chi connectivity index (χ2v) is 12.4. The lowest BCUT2D eigenvalue weighted by Crippen LogP contribution is -2.19. The summed E-state index contributed by atoms with van der Waals surface area (Å²) in [4.78, 5) is 7.81. The standard InChI is InChI=1S/C10H10ClN3OS.C8H8ClN3OS.3CH4.H2/c1-16(15,14-7-12)10(4-5-10)8-2-3-9(11)13-6-8;1-14(13,12-6-10)5-7-2-3-8(9)11-4-7;;;;/h2-3,6H,4-5H2,1H3;2-4H,5H2,1H3;3*1H4;1H/i;;;;;1+1. The Labute approximate surface area is 209 Å². The van der Waals surface area contributed by atoms with Crippen LogP contribution in [0, 0.1) is 22.9 Å². The van der Waals surface area contributed by atoms with E-state index in [0.29, 0.717) is 10.3 Å². The van der Waals surface area contributed by atoms with Crippen LogP contribution in [0.1, 0.15) is 47.7 Å². The molecule has 0 aliphatic heterocycles. The lowest BCUT2D eigenvalue weighted by Gasteiger charge is -2.15. The summed E-state index contributed by atoms with van der Waals surface area (Å²) in [7, 11) is -5.00. The molecule has 0 radical (unpaired) electrons. The fourth-order valence-corrected chi connectivity index (χ4v) is 5.73. The number of aromatic nitrogens is 2. The molecule has 2 aromatic rings. The highest BCUT2D eigenvalue weighted by Crippen LogP contribution is 2.53. The molecule has 0 saturated heterocycles. The van der Waals surface area contributed by atoms with Crippen LogP contribution in [0.15, 0.2) is 45.4 Å². The third-order valence-corrected chi connectivity index (χ3v) is 8.66. The van der Waals surface area contributed by atoms with Gasteiger partial charge in [0.1, 0.15) is 10.3 Å². The molecule has 12 heteroatoms. The minimum atomic E-state index is -2.53. The van der Waals surface area contributed by atoms with E-state index in [0.717, 1.165) is 24.0 Å². The van der Waals surface area contributed by atoms with Crippen molar-refractivity contribution in [3.63, 3.8) is 0 Å². The van der Waals surface area contributed by atoms with E-state index in [9.17, 15) is 8.42 Å². The number of pyridine rings is 2. The van der Waals surface area contributed by atoms with E-state index in [4.69, 9.17) is 33.7 Å². The third kappa shape index (κ3) is 8.90. The number of hydrogen-bond donors (Lipinski definition) is 0. The quantitative estimate of drug-likeness (QED) is 0.334. The van der Waals surface area contributed by atoms with Gasteiger partial charge in [0.05, 0.1) is 30.0 Å². The molecule has 0 bridgehead atoms. The molecular formula is C21H32Cl2N6O2S2. The van der Waals surface area contributed by atoms with Crippen molar-refractivity contribution >= 4 is 42.7 Å². The maximum atomic E-state index is 12.3. The Kier molecular flexibility index (Phi) is 13.4. The molecule has 2 unspecified atom stereocenters. The fourth-order valence-electron chi connectivity index (χ4n) is 2.73. The zero-order chi connectivity index (χ0) is 22.4. The zero-order valence-corrected chi connectivity index (χ0v) is 19.3. The first-order valence-electron chi connectivity index (χ1n) is 8.45. The maximum absolute atomic E-state index is 12.3. The van der Waals surface area contributed by atoms with E-state index in [1.165, 1.54) is 18.7 Å². The van der Waals surface area contributed by atoms with Crippen LogP contribution in [-0.4, -0.2) is 30.9 Å². The average molecular weight is 537 g/mol. The number of halogens is 2. The van der Waals surface area contributed by atoms with Crippen molar-refractivity contribution in [1.82, 2.24) is 9.97 Å². The second-order valence-electron chi connectivity index (χ2n) is 6.64. The predicted molar refractivity (Wildman–Crippen MR) is 140 cm³/mol. The Hall–Kier alpha value is -2.24. The molecular weight excluding hydrogens is 503 g/mol. The highest BCUT2D eigenvalue weighted by Gasteiger charge is 2.52. The summed E-state index contributed by atoms with van der Waals surface area (Å²) in [6.45, 7) is 0. The summed E-state index contributed by atoms with van der Waals surface area (Å²) in [5.74, 6) is 0.213. The first-order chi connectivity index (χ1) is 14.0. The number of rotatable bonds is 4. The van der Waals surface area contributed by atoms with Gasteiger partial charge in [-0.1, -0.05) is 57.6 Å². The number of nitriles is 2. The Morgan fingerprint density at radius 2 is 1.48 bits per heavy atom. The number of nitrogens with zero attached hydrogens (tertiary/aromatic N) is 6. The molecule has 8 nitrogen and oxygen atoms in total. The smallest absolute Gasteiger partial charge is 0.214 e. The van der Waals surface area contributed by atoms with Gasteiger partial charge in [-0.05, 0) is 36.1 Å². The Morgan fingerprint density at radius 1 is 0.970 bits per heavy atom. The van der Waals surface area contributed by atoms with Gasteiger partial charge in [0.15, 0.2) is 0 Å². The van der Waals surface area contributed by atoms with Crippen LogP contribution in [0.25, 0.3) is 0 Å². The van der Waals surface area contributed by atoms with Gasteiger partial charge in [0, 0.05) is 26.3 Å². The lowest BCUT2D eigenvalue weighted by molar-refractivity contribution is 0.668. The average Bonchev–Trinajstić information content (AvgIpc) is 3.47. The molecule has 2 aromatic heterocycles. The van der Waals surface area contributed by atoms with Crippen LogP contribution < -0.4 is 0 Å². The lowest BCUT2D eigenvalue weighted by atomic mass is 10.2. The SMILES string of the molecule is C.C.C.CS(=O)(=NC#N)C1(c2ccc(Cl)nc2)CC1.CS(=O)(Cc1ccc(Cl)nc1)=NC#N.[2HH]. The Morgan fingerprint density at radius 3 is 1.88 bits per heavy atom. The molecule has 2 heterocycles. The zero-order valence-electron chi connectivity index (χ0n) is 16.2. The van der Waals surface area contributed by atoms with Crippen molar-refractivity contribution in [2.75, 3.05) is 12.5 Å². The minimum absolute atomic E-state index is 0. The molecule has 33 heavy (non-hydrogen) atoms. The summed E-state index contributed by atoms with van der Waals surface area (Å²) < 4.78 is 30.3. The van der Waals surface area contributed by atoms with E-state index >= 15 is 0 Å². The van der Waals surface area contributed by atoms with E-state index in [2.05, 4.69) is 18.7 Å². The predicted octanol–water partition coefficient (Wildman–Crippen LogP) is 6.27. The van der Waals surface area contributed by atoms with Crippen LogP contribution in [0.2, 0.25) is 10.3 Å². The van der Waals surface area contributed by atoms with E-state index in [1.54, 1.807) is 42.8 Å².